The highest BCUT2D eigenvalue weighted by atomic mass is 16.5. The Morgan fingerprint density at radius 3 is 2.48 bits per heavy atom. The maximum Gasteiger partial charge on any atom is 0.251 e. The third kappa shape index (κ3) is 4.74. The highest BCUT2D eigenvalue weighted by molar-refractivity contribution is 5.94. The Balaban J connectivity index is 1.99. The second kappa shape index (κ2) is 7.68. The lowest BCUT2D eigenvalue weighted by atomic mass is 10.0. The number of phenols is 1. The number of carbonyl (C=O) groups is 1. The number of ether oxygens (including phenoxy) is 1. The molecule has 0 fully saturated rings. The summed E-state index contributed by atoms with van der Waals surface area (Å²) in [6.45, 7) is 4.58. The van der Waals surface area contributed by atoms with Gasteiger partial charge in [0.1, 0.15) is 11.5 Å². The van der Waals surface area contributed by atoms with Crippen molar-refractivity contribution in [2.75, 3.05) is 7.11 Å². The van der Waals surface area contributed by atoms with Gasteiger partial charge in [0.25, 0.3) is 5.91 Å². The first-order valence-corrected chi connectivity index (χ1v) is 7.72. The number of rotatable bonds is 6. The Hall–Kier alpha value is -2.49. The van der Waals surface area contributed by atoms with Gasteiger partial charge in [-0.3, -0.25) is 4.79 Å². The van der Waals surface area contributed by atoms with Crippen LogP contribution in [0.3, 0.4) is 0 Å². The highest BCUT2D eigenvalue weighted by Gasteiger charge is 2.08. The van der Waals surface area contributed by atoms with Crippen LogP contribution in [-0.2, 0) is 13.0 Å². The van der Waals surface area contributed by atoms with Crippen molar-refractivity contribution in [3.8, 4) is 11.5 Å². The molecule has 0 saturated carbocycles. The van der Waals surface area contributed by atoms with Crippen LogP contribution in [0.1, 0.15) is 35.3 Å². The molecule has 23 heavy (non-hydrogen) atoms. The summed E-state index contributed by atoms with van der Waals surface area (Å²) in [6.07, 6.45) is 1.000. The fraction of sp³-hybridized carbons (Fsp3) is 0.316. The van der Waals surface area contributed by atoms with Gasteiger partial charge in [0, 0.05) is 17.7 Å². The zero-order chi connectivity index (χ0) is 16.8. The third-order valence-electron chi connectivity index (χ3n) is 3.59. The number of methoxy groups -OCH3 is 1. The minimum atomic E-state index is -0.164. The normalized spacial score (nSPS) is 10.6. The van der Waals surface area contributed by atoms with Crippen LogP contribution in [0.2, 0.25) is 0 Å². The Morgan fingerprint density at radius 2 is 1.87 bits per heavy atom. The number of phenolic OH excluding ortho intramolecular Hbond substituents is 1. The van der Waals surface area contributed by atoms with Crippen LogP contribution in [0.4, 0.5) is 0 Å². The van der Waals surface area contributed by atoms with Crippen LogP contribution in [0, 0.1) is 5.92 Å². The molecule has 0 aliphatic carbocycles. The van der Waals surface area contributed by atoms with Gasteiger partial charge in [0.2, 0.25) is 0 Å². The molecule has 0 radical (unpaired) electrons. The first-order valence-electron chi connectivity index (χ1n) is 7.72. The first kappa shape index (κ1) is 16.9. The van der Waals surface area contributed by atoms with Crippen LogP contribution in [0.5, 0.6) is 11.5 Å². The van der Waals surface area contributed by atoms with Crippen molar-refractivity contribution in [3.63, 3.8) is 0 Å². The molecule has 0 atom stereocenters. The quantitative estimate of drug-likeness (QED) is 0.857. The van der Waals surface area contributed by atoms with E-state index in [9.17, 15) is 9.90 Å². The average molecular weight is 313 g/mol. The zero-order valence-electron chi connectivity index (χ0n) is 13.8. The molecule has 1 amide bonds. The summed E-state index contributed by atoms with van der Waals surface area (Å²) in [4.78, 5) is 12.2. The summed E-state index contributed by atoms with van der Waals surface area (Å²) in [5.41, 5.74) is 2.45. The molecule has 0 aromatic heterocycles. The number of carbonyl (C=O) groups excluding carboxylic acids is 1. The van der Waals surface area contributed by atoms with E-state index in [-0.39, 0.29) is 18.2 Å². The summed E-state index contributed by atoms with van der Waals surface area (Å²) in [5, 5.41) is 12.6. The molecule has 2 rings (SSSR count). The van der Waals surface area contributed by atoms with Gasteiger partial charge < -0.3 is 15.2 Å². The Kier molecular flexibility index (Phi) is 5.63. The second-order valence-electron chi connectivity index (χ2n) is 5.97. The predicted molar refractivity (Wildman–Crippen MR) is 90.8 cm³/mol. The smallest absolute Gasteiger partial charge is 0.251 e. The molecule has 0 saturated heterocycles. The summed E-state index contributed by atoms with van der Waals surface area (Å²) in [6, 6.07) is 12.6. The second-order valence-corrected chi connectivity index (χ2v) is 5.97. The molecule has 4 heteroatoms. The van der Waals surface area contributed by atoms with E-state index in [2.05, 4.69) is 19.2 Å². The largest absolute Gasteiger partial charge is 0.508 e. The maximum absolute atomic E-state index is 12.2. The number of aromatic hydroxyl groups is 1. The third-order valence-corrected chi connectivity index (χ3v) is 3.59. The van der Waals surface area contributed by atoms with Gasteiger partial charge in [0.15, 0.2) is 0 Å². The lowest BCUT2D eigenvalue weighted by molar-refractivity contribution is 0.0950. The maximum atomic E-state index is 12.2. The van der Waals surface area contributed by atoms with Crippen LogP contribution in [0.15, 0.2) is 42.5 Å². The summed E-state index contributed by atoms with van der Waals surface area (Å²) < 4.78 is 5.12. The van der Waals surface area contributed by atoms with Crippen molar-refractivity contribution in [2.24, 2.45) is 5.92 Å². The van der Waals surface area contributed by atoms with E-state index < -0.39 is 0 Å². The van der Waals surface area contributed by atoms with E-state index in [0.29, 0.717) is 22.8 Å². The molecular formula is C19H23NO3. The van der Waals surface area contributed by atoms with Crippen LogP contribution < -0.4 is 10.1 Å². The van der Waals surface area contributed by atoms with Gasteiger partial charge >= 0.3 is 0 Å². The van der Waals surface area contributed by atoms with Crippen molar-refractivity contribution < 1.29 is 14.6 Å². The number of amides is 1. The van der Waals surface area contributed by atoms with Crippen LogP contribution in [0.25, 0.3) is 0 Å². The van der Waals surface area contributed by atoms with E-state index in [4.69, 9.17) is 4.74 Å². The molecule has 0 aliphatic rings. The molecular weight excluding hydrogens is 290 g/mol. The molecule has 0 heterocycles. The minimum absolute atomic E-state index is 0.137. The Labute approximate surface area is 137 Å². The van der Waals surface area contributed by atoms with Crippen molar-refractivity contribution in [1.82, 2.24) is 5.32 Å². The average Bonchev–Trinajstić information content (AvgIpc) is 2.54. The van der Waals surface area contributed by atoms with Gasteiger partial charge in [-0.15, -0.1) is 0 Å². The standard InChI is InChI=1S/C19H23NO3/c1-13(2)10-14-4-6-15(7-5-14)19(22)20-12-16-11-17(23-3)8-9-18(16)21/h4-9,11,13,21H,10,12H2,1-3H3,(H,20,22). The number of benzene rings is 2. The molecule has 2 aromatic carbocycles. The van der Waals surface area contributed by atoms with Gasteiger partial charge in [-0.05, 0) is 48.2 Å². The van der Waals surface area contributed by atoms with Gasteiger partial charge in [0.05, 0.1) is 7.11 Å². The number of hydrogen-bond acceptors (Lipinski definition) is 3. The zero-order valence-corrected chi connectivity index (χ0v) is 13.8. The predicted octanol–water partition coefficient (Wildman–Crippen LogP) is 3.53. The molecule has 0 aliphatic heterocycles. The van der Waals surface area contributed by atoms with E-state index in [1.165, 1.54) is 5.56 Å². The van der Waals surface area contributed by atoms with Crippen molar-refractivity contribution in [2.45, 2.75) is 26.8 Å². The molecule has 2 aromatic rings. The van der Waals surface area contributed by atoms with Crippen LogP contribution >= 0.6 is 0 Å². The monoisotopic (exact) mass is 313 g/mol. The summed E-state index contributed by atoms with van der Waals surface area (Å²) in [5.74, 6) is 1.21. The summed E-state index contributed by atoms with van der Waals surface area (Å²) >= 11 is 0. The van der Waals surface area contributed by atoms with Gasteiger partial charge in [-0.1, -0.05) is 26.0 Å². The highest BCUT2D eigenvalue weighted by Crippen LogP contribution is 2.22. The fourth-order valence-electron chi connectivity index (χ4n) is 2.37. The topological polar surface area (TPSA) is 58.6 Å². The van der Waals surface area contributed by atoms with E-state index in [1.54, 1.807) is 25.3 Å². The van der Waals surface area contributed by atoms with Crippen molar-refractivity contribution in [1.29, 1.82) is 0 Å². The molecule has 2 N–H and O–H groups in total. The number of nitrogens with one attached hydrogen (secondary N) is 1. The van der Waals surface area contributed by atoms with Gasteiger partial charge in [-0.2, -0.15) is 0 Å². The lowest BCUT2D eigenvalue weighted by Gasteiger charge is -2.10. The molecule has 0 spiro atoms. The van der Waals surface area contributed by atoms with E-state index in [1.807, 2.05) is 24.3 Å². The molecule has 122 valence electrons. The van der Waals surface area contributed by atoms with Crippen molar-refractivity contribution >= 4 is 5.91 Å². The SMILES string of the molecule is COc1ccc(O)c(CNC(=O)c2ccc(CC(C)C)cc2)c1. The number of hydrogen-bond donors (Lipinski definition) is 2. The van der Waals surface area contributed by atoms with E-state index >= 15 is 0 Å². The van der Waals surface area contributed by atoms with Gasteiger partial charge in [-0.25, -0.2) is 0 Å². The van der Waals surface area contributed by atoms with Crippen LogP contribution in [-0.4, -0.2) is 18.1 Å². The fourth-order valence-corrected chi connectivity index (χ4v) is 2.37. The first-order chi connectivity index (χ1) is 11.0. The molecule has 4 nitrogen and oxygen atoms in total. The molecule has 0 unspecified atom stereocenters. The Bertz CT molecular complexity index is 663. The lowest BCUT2D eigenvalue weighted by Crippen LogP contribution is -2.22. The summed E-state index contributed by atoms with van der Waals surface area (Å²) in [7, 11) is 1.56. The molecule has 0 bridgehead atoms. The van der Waals surface area contributed by atoms with E-state index in [0.717, 1.165) is 6.42 Å². The van der Waals surface area contributed by atoms with Crippen molar-refractivity contribution in [3.05, 3.63) is 59.2 Å². The Morgan fingerprint density at radius 1 is 1.17 bits per heavy atom. The minimum Gasteiger partial charge on any atom is -0.508 e.